The molecule has 1 heterocycles. The molecular weight excluding hydrogens is 438 g/mol. The lowest BCUT2D eigenvalue weighted by Crippen LogP contribution is -2.19. The van der Waals surface area contributed by atoms with Crippen LogP contribution < -0.4 is 10.1 Å². The van der Waals surface area contributed by atoms with E-state index in [2.05, 4.69) is 15.2 Å². The second-order valence-corrected chi connectivity index (χ2v) is 7.23. The molecule has 31 heavy (non-hydrogen) atoms. The molecule has 1 amide bonds. The van der Waals surface area contributed by atoms with Crippen molar-refractivity contribution in [1.82, 2.24) is 9.78 Å². The minimum absolute atomic E-state index is 0.0694. The first kappa shape index (κ1) is 22.6. The zero-order valence-electron chi connectivity index (χ0n) is 16.6. The number of nitrogens with zero attached hydrogens (tertiary/aromatic N) is 2. The molecule has 1 aromatic heterocycles. The maximum absolute atomic E-state index is 13.3. The minimum atomic E-state index is -4.48. The third kappa shape index (κ3) is 5.75. The molecule has 0 saturated heterocycles. The van der Waals surface area contributed by atoms with Crippen molar-refractivity contribution >= 4 is 23.2 Å². The van der Waals surface area contributed by atoms with Crippen LogP contribution >= 0.6 is 11.6 Å². The maximum Gasteiger partial charge on any atom is 0.422 e. The summed E-state index contributed by atoms with van der Waals surface area (Å²) in [5, 5.41) is 7.38. The van der Waals surface area contributed by atoms with Crippen molar-refractivity contribution in [3.8, 4) is 5.75 Å². The molecule has 164 valence electrons. The SMILES string of the molecule is Cc1nn(Cc2ccc(F)cc2Cl)c(C)c1NC(=O)c1cccc(OCC(F)(F)F)c1. The van der Waals surface area contributed by atoms with E-state index in [9.17, 15) is 22.4 Å². The molecule has 0 bridgehead atoms. The Morgan fingerprint density at radius 2 is 1.94 bits per heavy atom. The molecule has 0 radical (unpaired) electrons. The van der Waals surface area contributed by atoms with Gasteiger partial charge in [-0.15, -0.1) is 0 Å². The van der Waals surface area contributed by atoms with E-state index in [0.717, 1.165) is 0 Å². The van der Waals surface area contributed by atoms with E-state index in [1.807, 2.05) is 0 Å². The van der Waals surface area contributed by atoms with Crippen LogP contribution in [0.25, 0.3) is 0 Å². The zero-order valence-corrected chi connectivity index (χ0v) is 17.3. The lowest BCUT2D eigenvalue weighted by Gasteiger charge is -2.11. The normalized spacial score (nSPS) is 11.5. The fourth-order valence-electron chi connectivity index (χ4n) is 2.92. The largest absolute Gasteiger partial charge is 0.484 e. The lowest BCUT2D eigenvalue weighted by molar-refractivity contribution is -0.153. The highest BCUT2D eigenvalue weighted by molar-refractivity contribution is 6.31. The zero-order chi connectivity index (χ0) is 22.8. The van der Waals surface area contributed by atoms with Crippen molar-refractivity contribution in [3.63, 3.8) is 0 Å². The van der Waals surface area contributed by atoms with Gasteiger partial charge in [-0.05, 0) is 49.7 Å². The van der Waals surface area contributed by atoms with E-state index >= 15 is 0 Å². The molecule has 0 aliphatic rings. The van der Waals surface area contributed by atoms with Crippen LogP contribution in [-0.4, -0.2) is 28.5 Å². The molecule has 0 saturated carbocycles. The second-order valence-electron chi connectivity index (χ2n) is 6.83. The summed E-state index contributed by atoms with van der Waals surface area (Å²) in [6.45, 7) is 2.27. The molecular formula is C21H18ClF4N3O2. The molecule has 1 N–H and O–H groups in total. The maximum atomic E-state index is 13.3. The predicted octanol–water partition coefficient (Wildman–Crippen LogP) is 5.53. The summed E-state index contributed by atoms with van der Waals surface area (Å²) in [6, 6.07) is 9.52. The number of hydrogen-bond donors (Lipinski definition) is 1. The number of aryl methyl sites for hydroxylation is 1. The number of carbonyl (C=O) groups is 1. The standard InChI is InChI=1S/C21H18ClF4N3O2/c1-12-19(13(2)29(28-12)10-15-6-7-16(23)9-18(15)22)27-20(30)14-4-3-5-17(8-14)31-11-21(24,25)26/h3-9H,10-11H2,1-2H3,(H,27,30). The third-order valence-corrected chi connectivity index (χ3v) is 4.81. The fraction of sp³-hybridized carbons (Fsp3) is 0.238. The molecule has 2 aromatic carbocycles. The first-order valence-electron chi connectivity index (χ1n) is 9.12. The quantitative estimate of drug-likeness (QED) is 0.497. The van der Waals surface area contributed by atoms with Gasteiger partial charge in [0.2, 0.25) is 0 Å². The Hall–Kier alpha value is -3.07. The predicted molar refractivity (Wildman–Crippen MR) is 108 cm³/mol. The Bertz CT molecular complexity index is 1110. The van der Waals surface area contributed by atoms with Crippen LogP contribution in [0.1, 0.15) is 27.3 Å². The summed E-state index contributed by atoms with van der Waals surface area (Å²) in [6.07, 6.45) is -4.48. The highest BCUT2D eigenvalue weighted by Gasteiger charge is 2.28. The number of hydrogen-bond acceptors (Lipinski definition) is 3. The van der Waals surface area contributed by atoms with Crippen molar-refractivity contribution in [1.29, 1.82) is 0 Å². The first-order valence-corrected chi connectivity index (χ1v) is 9.50. The van der Waals surface area contributed by atoms with E-state index in [1.54, 1.807) is 24.6 Å². The van der Waals surface area contributed by atoms with Crippen LogP contribution in [0, 0.1) is 19.7 Å². The Kier molecular flexibility index (Phi) is 6.54. The third-order valence-electron chi connectivity index (χ3n) is 4.45. The van der Waals surface area contributed by atoms with Gasteiger partial charge in [0, 0.05) is 10.6 Å². The molecule has 0 atom stereocenters. The van der Waals surface area contributed by atoms with E-state index in [4.69, 9.17) is 11.6 Å². The number of aromatic nitrogens is 2. The van der Waals surface area contributed by atoms with Gasteiger partial charge >= 0.3 is 6.18 Å². The Morgan fingerprint density at radius 3 is 2.61 bits per heavy atom. The molecule has 3 aromatic rings. The first-order chi connectivity index (χ1) is 14.5. The number of benzene rings is 2. The Morgan fingerprint density at radius 1 is 1.19 bits per heavy atom. The van der Waals surface area contributed by atoms with Gasteiger partial charge in [-0.3, -0.25) is 9.48 Å². The smallest absolute Gasteiger partial charge is 0.422 e. The van der Waals surface area contributed by atoms with Crippen LogP contribution in [0.4, 0.5) is 23.2 Å². The van der Waals surface area contributed by atoms with E-state index < -0.39 is 24.5 Å². The molecule has 0 aliphatic heterocycles. The van der Waals surface area contributed by atoms with Crippen LogP contribution in [0.3, 0.4) is 0 Å². The van der Waals surface area contributed by atoms with Crippen LogP contribution in [0.5, 0.6) is 5.75 Å². The van der Waals surface area contributed by atoms with Gasteiger partial charge in [-0.2, -0.15) is 18.3 Å². The average Bonchev–Trinajstić information content (AvgIpc) is 2.95. The molecule has 0 aliphatic carbocycles. The van der Waals surface area contributed by atoms with Gasteiger partial charge in [0.1, 0.15) is 11.6 Å². The number of amides is 1. The van der Waals surface area contributed by atoms with E-state index in [1.165, 1.54) is 36.4 Å². The summed E-state index contributed by atoms with van der Waals surface area (Å²) in [5.74, 6) is -1.04. The van der Waals surface area contributed by atoms with Crippen LogP contribution in [0.15, 0.2) is 42.5 Å². The average molecular weight is 456 g/mol. The Labute approximate surface area is 180 Å². The van der Waals surface area contributed by atoms with Crippen molar-refractivity contribution in [2.75, 3.05) is 11.9 Å². The highest BCUT2D eigenvalue weighted by atomic mass is 35.5. The molecule has 10 heteroatoms. The number of carbonyl (C=O) groups excluding carboxylic acids is 1. The van der Waals surface area contributed by atoms with Crippen molar-refractivity contribution < 1.29 is 27.1 Å². The van der Waals surface area contributed by atoms with Gasteiger partial charge in [-0.25, -0.2) is 4.39 Å². The van der Waals surface area contributed by atoms with E-state index in [-0.39, 0.29) is 22.9 Å². The molecule has 0 fully saturated rings. The number of ether oxygens (including phenoxy) is 1. The minimum Gasteiger partial charge on any atom is -0.484 e. The number of rotatable bonds is 6. The van der Waals surface area contributed by atoms with Gasteiger partial charge in [-0.1, -0.05) is 23.7 Å². The molecule has 0 spiro atoms. The monoisotopic (exact) mass is 455 g/mol. The number of alkyl halides is 3. The second kappa shape index (κ2) is 8.97. The molecule has 0 unspecified atom stereocenters. The summed E-state index contributed by atoms with van der Waals surface area (Å²) in [7, 11) is 0. The van der Waals surface area contributed by atoms with Gasteiger partial charge < -0.3 is 10.1 Å². The number of nitrogens with one attached hydrogen (secondary N) is 1. The summed E-state index contributed by atoms with van der Waals surface area (Å²) in [4.78, 5) is 12.6. The summed E-state index contributed by atoms with van der Waals surface area (Å²) in [5.41, 5.74) is 2.42. The topological polar surface area (TPSA) is 56.2 Å². The van der Waals surface area contributed by atoms with Crippen molar-refractivity contribution in [2.45, 2.75) is 26.6 Å². The van der Waals surface area contributed by atoms with E-state index in [0.29, 0.717) is 22.6 Å². The van der Waals surface area contributed by atoms with Gasteiger partial charge in [0.25, 0.3) is 5.91 Å². The summed E-state index contributed by atoms with van der Waals surface area (Å²) >= 11 is 6.08. The van der Waals surface area contributed by atoms with Gasteiger partial charge in [0.15, 0.2) is 6.61 Å². The number of anilines is 1. The molecule has 5 nitrogen and oxygen atoms in total. The van der Waals surface area contributed by atoms with Crippen molar-refractivity contribution in [2.24, 2.45) is 0 Å². The lowest BCUT2D eigenvalue weighted by atomic mass is 10.2. The van der Waals surface area contributed by atoms with Crippen LogP contribution in [0.2, 0.25) is 5.02 Å². The fourth-order valence-corrected chi connectivity index (χ4v) is 3.15. The van der Waals surface area contributed by atoms with Crippen LogP contribution in [-0.2, 0) is 6.54 Å². The highest BCUT2D eigenvalue weighted by Crippen LogP contribution is 2.25. The Balaban J connectivity index is 1.76. The van der Waals surface area contributed by atoms with Gasteiger partial charge in [0.05, 0.1) is 23.6 Å². The number of halogens is 5. The summed E-state index contributed by atoms with van der Waals surface area (Å²) < 4.78 is 56.6. The van der Waals surface area contributed by atoms with Crippen molar-refractivity contribution in [3.05, 3.63) is 75.8 Å². The molecule has 3 rings (SSSR count).